The first-order chi connectivity index (χ1) is 11.1. The fourth-order valence-corrected chi connectivity index (χ4v) is 2.99. The van der Waals surface area contributed by atoms with Gasteiger partial charge in [-0.05, 0) is 17.7 Å². The first kappa shape index (κ1) is 17.9. The Balaban J connectivity index is 2.45. The molecule has 2 aromatic rings. The molecule has 2 rings (SSSR count). The van der Waals surface area contributed by atoms with Crippen molar-refractivity contribution in [1.29, 1.82) is 0 Å². The molecule has 0 saturated carbocycles. The minimum Gasteiger partial charge on any atom is -0.258 e. The minimum atomic E-state index is -4.73. The number of nitro benzene ring substituents is 1. The number of sulfonamides is 1. The van der Waals surface area contributed by atoms with Crippen molar-refractivity contribution in [2.24, 2.45) is 0 Å². The van der Waals surface area contributed by atoms with Crippen molar-refractivity contribution in [3.63, 3.8) is 0 Å². The molecule has 0 aliphatic heterocycles. The molecule has 0 aliphatic rings. The van der Waals surface area contributed by atoms with Crippen LogP contribution in [0.3, 0.4) is 0 Å². The van der Waals surface area contributed by atoms with E-state index in [4.69, 9.17) is 0 Å². The van der Waals surface area contributed by atoms with Gasteiger partial charge in [0.1, 0.15) is 6.54 Å². The SMILES string of the molecule is O=[N+]([O-])c1cc(S(=O)(=O)NCC(F)(F)F)ccc1-c1ccccc1. The lowest BCUT2D eigenvalue weighted by molar-refractivity contribution is -0.384. The van der Waals surface area contributed by atoms with Crippen LogP contribution in [0.1, 0.15) is 0 Å². The number of rotatable bonds is 5. The van der Waals surface area contributed by atoms with E-state index in [9.17, 15) is 31.7 Å². The molecule has 24 heavy (non-hydrogen) atoms. The average molecular weight is 360 g/mol. The zero-order chi connectivity index (χ0) is 18.0. The standard InChI is InChI=1S/C14H11F3N2O4S/c15-14(16,17)9-18-24(22,23)11-6-7-12(13(8-11)19(20)21)10-4-2-1-3-5-10/h1-8,18H,9H2. The number of benzene rings is 2. The molecule has 0 heterocycles. The minimum absolute atomic E-state index is 0.162. The lowest BCUT2D eigenvalue weighted by atomic mass is 10.0. The molecule has 10 heteroatoms. The van der Waals surface area contributed by atoms with E-state index in [0.29, 0.717) is 5.56 Å². The maximum atomic E-state index is 12.2. The second-order valence-corrected chi connectivity index (χ2v) is 6.51. The van der Waals surface area contributed by atoms with Crippen LogP contribution < -0.4 is 4.72 Å². The van der Waals surface area contributed by atoms with E-state index in [0.717, 1.165) is 12.1 Å². The topological polar surface area (TPSA) is 89.3 Å². The summed E-state index contributed by atoms with van der Waals surface area (Å²) in [5.74, 6) is 0. The molecule has 128 valence electrons. The molecule has 0 fully saturated rings. The zero-order valence-corrected chi connectivity index (χ0v) is 12.8. The normalized spacial score (nSPS) is 12.1. The quantitative estimate of drug-likeness (QED) is 0.655. The van der Waals surface area contributed by atoms with E-state index in [1.54, 1.807) is 30.3 Å². The number of hydrogen-bond donors (Lipinski definition) is 1. The Bertz CT molecular complexity index is 852. The molecular formula is C14H11F3N2O4S. The number of nitrogens with zero attached hydrogens (tertiary/aromatic N) is 1. The first-order valence-electron chi connectivity index (χ1n) is 6.50. The summed E-state index contributed by atoms with van der Waals surface area (Å²) in [5, 5.41) is 11.2. The van der Waals surface area contributed by atoms with Gasteiger partial charge in [-0.1, -0.05) is 30.3 Å². The lowest BCUT2D eigenvalue weighted by Gasteiger charge is -2.10. The van der Waals surface area contributed by atoms with Crippen LogP contribution in [0.2, 0.25) is 0 Å². The molecule has 0 spiro atoms. The van der Waals surface area contributed by atoms with E-state index in [-0.39, 0.29) is 5.56 Å². The molecule has 2 aromatic carbocycles. The van der Waals surface area contributed by atoms with Gasteiger partial charge in [-0.2, -0.15) is 13.2 Å². The van der Waals surface area contributed by atoms with Gasteiger partial charge in [-0.3, -0.25) is 10.1 Å². The Morgan fingerprint density at radius 2 is 1.71 bits per heavy atom. The maximum Gasteiger partial charge on any atom is 0.402 e. The molecule has 1 N–H and O–H groups in total. The van der Waals surface area contributed by atoms with Crippen LogP contribution in [-0.2, 0) is 10.0 Å². The van der Waals surface area contributed by atoms with E-state index in [2.05, 4.69) is 0 Å². The van der Waals surface area contributed by atoms with Crippen molar-refractivity contribution >= 4 is 15.7 Å². The highest BCUT2D eigenvalue weighted by atomic mass is 32.2. The number of nitrogens with one attached hydrogen (secondary N) is 1. The molecule has 0 saturated heterocycles. The summed E-state index contributed by atoms with van der Waals surface area (Å²) in [6, 6.07) is 11.1. The number of nitro groups is 1. The van der Waals surface area contributed by atoms with E-state index in [1.807, 2.05) is 0 Å². The van der Waals surface area contributed by atoms with Crippen LogP contribution in [0.5, 0.6) is 0 Å². The maximum absolute atomic E-state index is 12.2. The van der Waals surface area contributed by atoms with Gasteiger partial charge in [-0.15, -0.1) is 0 Å². The van der Waals surface area contributed by atoms with Gasteiger partial charge in [0.25, 0.3) is 5.69 Å². The molecule has 0 aliphatic carbocycles. The summed E-state index contributed by atoms with van der Waals surface area (Å²) in [6.07, 6.45) is -4.73. The van der Waals surface area contributed by atoms with Crippen LogP contribution in [-0.4, -0.2) is 26.1 Å². The summed E-state index contributed by atoms with van der Waals surface area (Å²) in [5.41, 5.74) is 0.128. The Labute approximate surface area is 135 Å². The van der Waals surface area contributed by atoms with Crippen molar-refractivity contribution in [1.82, 2.24) is 4.72 Å². The summed E-state index contributed by atoms with van der Waals surface area (Å²) in [7, 11) is -4.52. The molecule has 0 unspecified atom stereocenters. The highest BCUT2D eigenvalue weighted by molar-refractivity contribution is 7.89. The number of hydrogen-bond acceptors (Lipinski definition) is 4. The summed E-state index contributed by atoms with van der Waals surface area (Å²) in [4.78, 5) is 9.80. The van der Waals surface area contributed by atoms with Gasteiger partial charge in [0.15, 0.2) is 0 Å². The molecule has 6 nitrogen and oxygen atoms in total. The Kier molecular flexibility index (Phi) is 4.90. The van der Waals surface area contributed by atoms with Gasteiger partial charge in [-0.25, -0.2) is 13.1 Å². The van der Waals surface area contributed by atoms with Crippen molar-refractivity contribution in [3.8, 4) is 11.1 Å². The van der Waals surface area contributed by atoms with E-state index < -0.39 is 38.3 Å². The van der Waals surface area contributed by atoms with Crippen molar-refractivity contribution in [2.45, 2.75) is 11.1 Å². The Hall–Kier alpha value is -2.46. The number of alkyl halides is 3. The summed E-state index contributed by atoms with van der Waals surface area (Å²) >= 11 is 0. The summed E-state index contributed by atoms with van der Waals surface area (Å²) < 4.78 is 61.6. The van der Waals surface area contributed by atoms with Crippen molar-refractivity contribution in [3.05, 3.63) is 58.6 Å². The highest BCUT2D eigenvalue weighted by Crippen LogP contribution is 2.32. The van der Waals surface area contributed by atoms with Gasteiger partial charge >= 0.3 is 6.18 Å². The average Bonchev–Trinajstić information content (AvgIpc) is 2.52. The zero-order valence-electron chi connectivity index (χ0n) is 11.9. The van der Waals surface area contributed by atoms with Crippen LogP contribution in [0.4, 0.5) is 18.9 Å². The number of halogens is 3. The highest BCUT2D eigenvalue weighted by Gasteiger charge is 2.31. The Morgan fingerprint density at radius 1 is 1.08 bits per heavy atom. The van der Waals surface area contributed by atoms with Crippen LogP contribution in [0.15, 0.2) is 53.4 Å². The molecule has 0 atom stereocenters. The first-order valence-corrected chi connectivity index (χ1v) is 7.99. The largest absolute Gasteiger partial charge is 0.402 e. The third kappa shape index (κ3) is 4.30. The lowest BCUT2D eigenvalue weighted by Crippen LogP contribution is -2.33. The van der Waals surface area contributed by atoms with E-state index in [1.165, 1.54) is 10.8 Å². The van der Waals surface area contributed by atoms with Gasteiger partial charge in [0.2, 0.25) is 10.0 Å². The predicted octanol–water partition coefficient (Wildman–Crippen LogP) is 3.10. The summed E-state index contributed by atoms with van der Waals surface area (Å²) in [6.45, 7) is -1.76. The molecule has 0 amide bonds. The fraction of sp³-hybridized carbons (Fsp3) is 0.143. The predicted molar refractivity (Wildman–Crippen MR) is 79.8 cm³/mol. The second kappa shape index (κ2) is 6.57. The van der Waals surface area contributed by atoms with Crippen LogP contribution >= 0.6 is 0 Å². The van der Waals surface area contributed by atoms with Crippen molar-refractivity contribution in [2.75, 3.05) is 6.54 Å². The Morgan fingerprint density at radius 3 is 2.25 bits per heavy atom. The fourth-order valence-electron chi connectivity index (χ4n) is 1.95. The van der Waals surface area contributed by atoms with Gasteiger partial charge in [0, 0.05) is 6.07 Å². The molecular weight excluding hydrogens is 349 g/mol. The third-order valence-corrected chi connectivity index (χ3v) is 4.42. The van der Waals surface area contributed by atoms with Crippen molar-refractivity contribution < 1.29 is 26.5 Å². The van der Waals surface area contributed by atoms with Gasteiger partial charge in [0.05, 0.1) is 15.4 Å². The third-order valence-electron chi connectivity index (χ3n) is 3.02. The molecule has 0 radical (unpaired) electrons. The van der Waals surface area contributed by atoms with Gasteiger partial charge < -0.3 is 0 Å². The molecule has 0 aromatic heterocycles. The second-order valence-electron chi connectivity index (χ2n) is 4.74. The smallest absolute Gasteiger partial charge is 0.258 e. The van der Waals surface area contributed by atoms with E-state index >= 15 is 0 Å². The van der Waals surface area contributed by atoms with Crippen LogP contribution in [0.25, 0.3) is 11.1 Å². The monoisotopic (exact) mass is 360 g/mol. The van der Waals surface area contributed by atoms with Crippen LogP contribution in [0, 0.1) is 10.1 Å². The molecule has 0 bridgehead atoms.